The van der Waals surface area contributed by atoms with Crippen LogP contribution in [0.5, 0.6) is 0 Å². The Kier molecular flexibility index (Phi) is 6.11. The molecular weight excluding hydrogens is 322 g/mol. The van der Waals surface area contributed by atoms with Crippen molar-refractivity contribution in [1.29, 1.82) is 0 Å². The minimum atomic E-state index is -0.529. The topological polar surface area (TPSA) is 75.4 Å². The van der Waals surface area contributed by atoms with E-state index in [4.69, 9.17) is 5.73 Å². The minimum absolute atomic E-state index is 0.118. The van der Waals surface area contributed by atoms with Crippen molar-refractivity contribution in [3.8, 4) is 0 Å². The number of carbonyl (C=O) groups excluding carboxylic acids is 2. The lowest BCUT2D eigenvalue weighted by atomic mass is 10.1. The molecule has 0 radical (unpaired) electrons. The SMILES string of the molecule is Cc1ccc(CN(C)CCC(=O)Nc2sccc2C(N)=O)c(C)c1. The standard InChI is InChI=1S/C18H23N3O2S/c1-12-4-5-14(13(2)10-12)11-21(3)8-6-16(22)20-18-15(17(19)23)7-9-24-18/h4-5,7,9-10H,6,8,11H2,1-3H3,(H2,19,23)(H,20,22). The van der Waals surface area contributed by atoms with Gasteiger partial charge in [0.25, 0.3) is 5.91 Å². The minimum Gasteiger partial charge on any atom is -0.366 e. The van der Waals surface area contributed by atoms with Gasteiger partial charge in [-0.2, -0.15) is 0 Å². The molecule has 1 heterocycles. The lowest BCUT2D eigenvalue weighted by Gasteiger charge is -2.18. The number of benzene rings is 1. The molecule has 0 bridgehead atoms. The quantitative estimate of drug-likeness (QED) is 0.810. The van der Waals surface area contributed by atoms with Gasteiger partial charge in [0, 0.05) is 19.5 Å². The van der Waals surface area contributed by atoms with Crippen LogP contribution in [0.3, 0.4) is 0 Å². The lowest BCUT2D eigenvalue weighted by Crippen LogP contribution is -2.24. The summed E-state index contributed by atoms with van der Waals surface area (Å²) in [6.45, 7) is 5.61. The number of nitrogens with zero attached hydrogens (tertiary/aromatic N) is 1. The molecule has 5 nitrogen and oxygen atoms in total. The summed E-state index contributed by atoms with van der Waals surface area (Å²) < 4.78 is 0. The molecule has 6 heteroatoms. The summed E-state index contributed by atoms with van der Waals surface area (Å²) in [5, 5.41) is 5.02. The number of hydrogen-bond acceptors (Lipinski definition) is 4. The molecule has 0 unspecified atom stereocenters. The Hall–Kier alpha value is -2.18. The van der Waals surface area contributed by atoms with Crippen LogP contribution in [-0.2, 0) is 11.3 Å². The van der Waals surface area contributed by atoms with Crippen molar-refractivity contribution < 1.29 is 9.59 Å². The molecule has 0 aliphatic rings. The van der Waals surface area contributed by atoms with Crippen LogP contribution in [0.25, 0.3) is 0 Å². The molecule has 3 N–H and O–H groups in total. The molecular formula is C18H23N3O2S. The highest BCUT2D eigenvalue weighted by Gasteiger charge is 2.13. The molecule has 0 saturated heterocycles. The molecule has 0 atom stereocenters. The van der Waals surface area contributed by atoms with Crippen molar-refractivity contribution in [3.63, 3.8) is 0 Å². The Morgan fingerprint density at radius 2 is 2.00 bits per heavy atom. The van der Waals surface area contributed by atoms with E-state index in [0.717, 1.165) is 6.54 Å². The predicted molar refractivity (Wildman–Crippen MR) is 98.3 cm³/mol. The predicted octanol–water partition coefficient (Wildman–Crippen LogP) is 2.92. The molecule has 0 saturated carbocycles. The third-order valence-electron chi connectivity index (χ3n) is 3.84. The Balaban J connectivity index is 1.85. The van der Waals surface area contributed by atoms with Crippen LogP contribution in [0.1, 0.15) is 33.5 Å². The van der Waals surface area contributed by atoms with Gasteiger partial charge in [-0.05, 0) is 43.5 Å². The fourth-order valence-corrected chi connectivity index (χ4v) is 3.28. The van der Waals surface area contributed by atoms with Crippen LogP contribution in [0, 0.1) is 13.8 Å². The molecule has 1 aromatic heterocycles. The van der Waals surface area contributed by atoms with E-state index in [1.54, 1.807) is 11.4 Å². The zero-order chi connectivity index (χ0) is 17.7. The number of carbonyl (C=O) groups is 2. The highest BCUT2D eigenvalue weighted by Crippen LogP contribution is 2.22. The van der Waals surface area contributed by atoms with Gasteiger partial charge in [0.2, 0.25) is 5.91 Å². The molecule has 128 valence electrons. The Labute approximate surface area is 146 Å². The summed E-state index contributed by atoms with van der Waals surface area (Å²) in [6.07, 6.45) is 0.359. The number of nitrogens with one attached hydrogen (secondary N) is 1. The van der Waals surface area contributed by atoms with E-state index >= 15 is 0 Å². The molecule has 2 rings (SSSR count). The van der Waals surface area contributed by atoms with Crippen molar-refractivity contribution in [1.82, 2.24) is 4.90 Å². The highest BCUT2D eigenvalue weighted by molar-refractivity contribution is 7.14. The molecule has 0 spiro atoms. The van der Waals surface area contributed by atoms with E-state index < -0.39 is 5.91 Å². The number of amides is 2. The molecule has 1 aromatic carbocycles. The summed E-state index contributed by atoms with van der Waals surface area (Å²) in [5.41, 5.74) is 9.41. The summed E-state index contributed by atoms with van der Waals surface area (Å²) in [5.74, 6) is -0.647. The molecule has 2 amide bonds. The average molecular weight is 345 g/mol. The first kappa shape index (κ1) is 18.2. The van der Waals surface area contributed by atoms with Gasteiger partial charge in [0.1, 0.15) is 5.00 Å². The van der Waals surface area contributed by atoms with E-state index in [1.165, 1.54) is 28.0 Å². The summed E-state index contributed by atoms with van der Waals surface area (Å²) in [6, 6.07) is 8.02. The smallest absolute Gasteiger partial charge is 0.251 e. The Morgan fingerprint density at radius 1 is 1.25 bits per heavy atom. The van der Waals surface area contributed by atoms with Crippen molar-refractivity contribution in [2.75, 3.05) is 18.9 Å². The number of primary amides is 1. The second kappa shape index (κ2) is 8.08. The van der Waals surface area contributed by atoms with Crippen LogP contribution in [-0.4, -0.2) is 30.3 Å². The monoisotopic (exact) mass is 345 g/mol. The number of anilines is 1. The van der Waals surface area contributed by atoms with Gasteiger partial charge < -0.3 is 16.0 Å². The maximum Gasteiger partial charge on any atom is 0.251 e. The van der Waals surface area contributed by atoms with Gasteiger partial charge in [-0.15, -0.1) is 11.3 Å². The number of hydrogen-bond donors (Lipinski definition) is 2. The second-order valence-electron chi connectivity index (χ2n) is 5.99. The lowest BCUT2D eigenvalue weighted by molar-refractivity contribution is -0.116. The normalized spacial score (nSPS) is 10.8. The van der Waals surface area contributed by atoms with Crippen LogP contribution in [0.4, 0.5) is 5.00 Å². The van der Waals surface area contributed by atoms with Gasteiger partial charge in [0.05, 0.1) is 5.56 Å². The van der Waals surface area contributed by atoms with Crippen molar-refractivity contribution in [3.05, 3.63) is 51.9 Å². The molecule has 0 fully saturated rings. The van der Waals surface area contributed by atoms with Crippen LogP contribution >= 0.6 is 11.3 Å². The zero-order valence-corrected chi connectivity index (χ0v) is 15.1. The van der Waals surface area contributed by atoms with E-state index in [2.05, 4.69) is 42.3 Å². The summed E-state index contributed by atoms with van der Waals surface area (Å²) in [4.78, 5) is 25.4. The molecule has 2 aromatic rings. The average Bonchev–Trinajstić information content (AvgIpc) is 2.96. The maximum absolute atomic E-state index is 12.1. The second-order valence-corrected chi connectivity index (χ2v) is 6.91. The van der Waals surface area contributed by atoms with Gasteiger partial charge in [-0.25, -0.2) is 0 Å². The Bertz CT molecular complexity index is 740. The molecule has 0 aliphatic heterocycles. The van der Waals surface area contributed by atoms with E-state index in [0.29, 0.717) is 23.5 Å². The third-order valence-corrected chi connectivity index (χ3v) is 4.67. The number of thiophene rings is 1. The first-order valence-corrected chi connectivity index (χ1v) is 8.66. The first-order valence-electron chi connectivity index (χ1n) is 7.78. The van der Waals surface area contributed by atoms with E-state index in [1.807, 2.05) is 7.05 Å². The van der Waals surface area contributed by atoms with E-state index in [-0.39, 0.29) is 5.91 Å². The largest absolute Gasteiger partial charge is 0.366 e. The number of rotatable bonds is 7. The van der Waals surface area contributed by atoms with Crippen molar-refractivity contribution >= 4 is 28.2 Å². The zero-order valence-electron chi connectivity index (χ0n) is 14.3. The fourth-order valence-electron chi connectivity index (χ4n) is 2.47. The van der Waals surface area contributed by atoms with Gasteiger partial charge in [-0.3, -0.25) is 9.59 Å². The van der Waals surface area contributed by atoms with Gasteiger partial charge >= 0.3 is 0 Å². The van der Waals surface area contributed by atoms with Gasteiger partial charge in [-0.1, -0.05) is 23.8 Å². The number of nitrogens with two attached hydrogens (primary N) is 1. The van der Waals surface area contributed by atoms with Crippen molar-refractivity contribution in [2.45, 2.75) is 26.8 Å². The van der Waals surface area contributed by atoms with Crippen LogP contribution < -0.4 is 11.1 Å². The van der Waals surface area contributed by atoms with Crippen molar-refractivity contribution in [2.24, 2.45) is 5.73 Å². The number of aryl methyl sites for hydroxylation is 2. The first-order chi connectivity index (χ1) is 11.4. The fraction of sp³-hybridized carbons (Fsp3) is 0.333. The highest BCUT2D eigenvalue weighted by atomic mass is 32.1. The maximum atomic E-state index is 12.1. The van der Waals surface area contributed by atoms with Crippen LogP contribution in [0.2, 0.25) is 0 Å². The Morgan fingerprint density at radius 3 is 2.67 bits per heavy atom. The summed E-state index contributed by atoms with van der Waals surface area (Å²) in [7, 11) is 1.99. The molecule has 24 heavy (non-hydrogen) atoms. The summed E-state index contributed by atoms with van der Waals surface area (Å²) >= 11 is 1.30. The van der Waals surface area contributed by atoms with Crippen LogP contribution in [0.15, 0.2) is 29.6 Å². The third kappa shape index (κ3) is 4.91. The van der Waals surface area contributed by atoms with Gasteiger partial charge in [0.15, 0.2) is 0 Å². The molecule has 0 aliphatic carbocycles. The van der Waals surface area contributed by atoms with E-state index in [9.17, 15) is 9.59 Å².